The zero-order valence-corrected chi connectivity index (χ0v) is 12.1. The van der Waals surface area contributed by atoms with Crippen LogP contribution in [0.1, 0.15) is 0 Å². The summed E-state index contributed by atoms with van der Waals surface area (Å²) in [6.07, 6.45) is -4.76. The quantitative estimate of drug-likeness (QED) is 0.856. The van der Waals surface area contributed by atoms with Crippen LogP contribution in [0, 0.1) is 0 Å². The molecule has 0 aliphatic carbocycles. The molecule has 3 nitrogen and oxygen atoms in total. The highest BCUT2D eigenvalue weighted by molar-refractivity contribution is 6.37. The molecule has 8 heteroatoms. The molecule has 0 unspecified atom stereocenters. The van der Waals surface area contributed by atoms with E-state index in [9.17, 15) is 13.2 Å². The van der Waals surface area contributed by atoms with E-state index in [0.29, 0.717) is 22.1 Å². The third-order valence-electron chi connectivity index (χ3n) is 2.51. The molecule has 21 heavy (non-hydrogen) atoms. The van der Waals surface area contributed by atoms with E-state index >= 15 is 0 Å². The number of aromatic nitrogens is 1. The summed E-state index contributed by atoms with van der Waals surface area (Å²) in [6, 6.07) is 6.86. The number of rotatable bonds is 3. The van der Waals surface area contributed by atoms with Gasteiger partial charge in [-0.2, -0.15) is 0 Å². The van der Waals surface area contributed by atoms with Gasteiger partial charge in [0.1, 0.15) is 11.6 Å². The minimum Gasteiger partial charge on any atom is -0.406 e. The fraction of sp³-hybridized carbons (Fsp3) is 0.154. The second-order valence-corrected chi connectivity index (χ2v) is 4.79. The molecule has 2 rings (SSSR count). The van der Waals surface area contributed by atoms with Crippen LogP contribution in [0.2, 0.25) is 10.0 Å². The Morgan fingerprint density at radius 3 is 2.48 bits per heavy atom. The van der Waals surface area contributed by atoms with Gasteiger partial charge >= 0.3 is 6.36 Å². The number of ether oxygens (including phenoxy) is 1. The number of hydrogen-bond acceptors (Lipinski definition) is 3. The molecule has 0 aliphatic rings. The molecule has 0 saturated carbocycles. The summed E-state index contributed by atoms with van der Waals surface area (Å²) >= 11 is 12.0. The van der Waals surface area contributed by atoms with Crippen LogP contribution in [-0.4, -0.2) is 18.4 Å². The zero-order chi connectivity index (χ0) is 15.6. The van der Waals surface area contributed by atoms with Crippen molar-refractivity contribution >= 4 is 29.0 Å². The highest BCUT2D eigenvalue weighted by atomic mass is 35.5. The van der Waals surface area contributed by atoms with Gasteiger partial charge in [0.2, 0.25) is 0 Å². The Balaban J connectivity index is 2.45. The number of nitrogens with zero attached hydrogens (tertiary/aromatic N) is 1. The van der Waals surface area contributed by atoms with Crippen LogP contribution in [0.4, 0.5) is 19.0 Å². The maximum Gasteiger partial charge on any atom is 0.573 e. The van der Waals surface area contributed by atoms with Gasteiger partial charge in [0, 0.05) is 12.6 Å². The Morgan fingerprint density at radius 1 is 1.14 bits per heavy atom. The van der Waals surface area contributed by atoms with E-state index in [1.807, 2.05) is 0 Å². The van der Waals surface area contributed by atoms with Crippen LogP contribution in [0.15, 0.2) is 30.3 Å². The molecule has 1 aromatic carbocycles. The van der Waals surface area contributed by atoms with E-state index in [1.54, 1.807) is 13.1 Å². The van der Waals surface area contributed by atoms with Crippen molar-refractivity contribution in [2.75, 3.05) is 12.4 Å². The van der Waals surface area contributed by atoms with Crippen molar-refractivity contribution in [1.82, 2.24) is 4.98 Å². The van der Waals surface area contributed by atoms with Gasteiger partial charge in [0.05, 0.1) is 15.7 Å². The summed E-state index contributed by atoms with van der Waals surface area (Å²) in [6.45, 7) is 0. The normalized spacial score (nSPS) is 11.3. The Labute approximate surface area is 128 Å². The average molecular weight is 337 g/mol. The van der Waals surface area contributed by atoms with Crippen molar-refractivity contribution in [3.8, 4) is 17.0 Å². The van der Waals surface area contributed by atoms with Crippen molar-refractivity contribution < 1.29 is 17.9 Å². The molecule has 0 spiro atoms. The predicted molar refractivity (Wildman–Crippen MR) is 75.9 cm³/mol. The monoisotopic (exact) mass is 336 g/mol. The third-order valence-corrected chi connectivity index (χ3v) is 3.08. The number of pyridine rings is 1. The first-order chi connectivity index (χ1) is 9.80. The van der Waals surface area contributed by atoms with Crippen LogP contribution < -0.4 is 10.1 Å². The summed E-state index contributed by atoms with van der Waals surface area (Å²) in [5, 5.41) is 3.31. The number of halogens is 5. The molecule has 2 aromatic rings. The fourth-order valence-corrected chi connectivity index (χ4v) is 2.25. The van der Waals surface area contributed by atoms with Crippen LogP contribution in [0.25, 0.3) is 11.3 Å². The summed E-state index contributed by atoms with van der Waals surface area (Å²) < 4.78 is 40.6. The minimum atomic E-state index is -4.76. The number of hydrogen-bond donors (Lipinski definition) is 1. The van der Waals surface area contributed by atoms with E-state index in [-0.39, 0.29) is 10.8 Å². The number of benzene rings is 1. The molecular weight excluding hydrogens is 328 g/mol. The fourth-order valence-electron chi connectivity index (χ4n) is 1.68. The smallest absolute Gasteiger partial charge is 0.406 e. The van der Waals surface area contributed by atoms with Gasteiger partial charge in [-0.15, -0.1) is 13.2 Å². The average Bonchev–Trinajstić information content (AvgIpc) is 2.37. The molecule has 1 aromatic heterocycles. The van der Waals surface area contributed by atoms with Crippen molar-refractivity contribution in [3.05, 3.63) is 40.4 Å². The molecule has 0 saturated heterocycles. The van der Waals surface area contributed by atoms with E-state index in [1.165, 1.54) is 24.3 Å². The van der Waals surface area contributed by atoms with Crippen LogP contribution in [0.5, 0.6) is 5.75 Å². The van der Waals surface area contributed by atoms with Gasteiger partial charge < -0.3 is 10.1 Å². The second kappa shape index (κ2) is 5.99. The maximum absolute atomic E-state index is 12.2. The molecule has 0 bridgehead atoms. The summed E-state index contributed by atoms with van der Waals surface area (Å²) in [5.41, 5.74) is 0.688. The number of anilines is 1. The molecular formula is C13H9Cl2F3N2O. The molecule has 0 amide bonds. The lowest BCUT2D eigenvalue weighted by atomic mass is 10.1. The largest absolute Gasteiger partial charge is 0.573 e. The van der Waals surface area contributed by atoms with Crippen molar-refractivity contribution in [1.29, 1.82) is 0 Å². The summed E-state index contributed by atoms with van der Waals surface area (Å²) in [4.78, 5) is 4.19. The Hall–Kier alpha value is -1.66. The molecule has 0 atom stereocenters. The third kappa shape index (κ3) is 3.92. The van der Waals surface area contributed by atoms with Gasteiger partial charge in [-0.1, -0.05) is 35.3 Å². The topological polar surface area (TPSA) is 34.2 Å². The highest BCUT2D eigenvalue weighted by Crippen LogP contribution is 2.34. The van der Waals surface area contributed by atoms with Gasteiger partial charge in [-0.25, -0.2) is 4.98 Å². The maximum atomic E-state index is 12.2. The summed E-state index contributed by atoms with van der Waals surface area (Å²) in [7, 11) is 1.62. The number of alkyl halides is 3. The SMILES string of the molecule is CNc1nc(-c2cccc(OC(F)(F)F)c2)c(Cl)cc1Cl. The lowest BCUT2D eigenvalue weighted by Crippen LogP contribution is -2.17. The Kier molecular flexibility index (Phi) is 4.49. The van der Waals surface area contributed by atoms with Gasteiger partial charge in [-0.3, -0.25) is 0 Å². The molecule has 1 N–H and O–H groups in total. The Bertz CT molecular complexity index is 662. The van der Waals surface area contributed by atoms with Crippen molar-refractivity contribution in [2.24, 2.45) is 0 Å². The predicted octanol–water partition coefficient (Wildman–Crippen LogP) is 5.00. The summed E-state index contributed by atoms with van der Waals surface area (Å²) in [5.74, 6) is 0.0250. The van der Waals surface area contributed by atoms with E-state index in [0.717, 1.165) is 0 Å². The molecule has 1 heterocycles. The molecule has 112 valence electrons. The van der Waals surface area contributed by atoms with Crippen molar-refractivity contribution in [3.63, 3.8) is 0 Å². The van der Waals surface area contributed by atoms with E-state index < -0.39 is 6.36 Å². The van der Waals surface area contributed by atoms with Crippen LogP contribution in [-0.2, 0) is 0 Å². The van der Waals surface area contributed by atoms with Gasteiger partial charge in [0.15, 0.2) is 0 Å². The lowest BCUT2D eigenvalue weighted by molar-refractivity contribution is -0.274. The first-order valence-electron chi connectivity index (χ1n) is 5.70. The highest BCUT2D eigenvalue weighted by Gasteiger charge is 2.31. The van der Waals surface area contributed by atoms with Crippen LogP contribution in [0.3, 0.4) is 0 Å². The molecule has 0 radical (unpaired) electrons. The molecule has 0 fully saturated rings. The Morgan fingerprint density at radius 2 is 1.86 bits per heavy atom. The minimum absolute atomic E-state index is 0.225. The first kappa shape index (κ1) is 15.7. The number of nitrogens with one attached hydrogen (secondary N) is 1. The van der Waals surface area contributed by atoms with Gasteiger partial charge in [-0.05, 0) is 18.2 Å². The van der Waals surface area contributed by atoms with Crippen molar-refractivity contribution in [2.45, 2.75) is 6.36 Å². The van der Waals surface area contributed by atoms with E-state index in [2.05, 4.69) is 15.0 Å². The standard InChI is InChI=1S/C13H9Cl2F3N2O/c1-19-12-10(15)6-9(14)11(20-12)7-3-2-4-8(5-7)21-13(16,17)18/h2-6H,1H3,(H,19,20). The second-order valence-electron chi connectivity index (χ2n) is 3.97. The van der Waals surface area contributed by atoms with E-state index in [4.69, 9.17) is 23.2 Å². The van der Waals surface area contributed by atoms with Gasteiger partial charge in [0.25, 0.3) is 0 Å². The van der Waals surface area contributed by atoms with Crippen LogP contribution >= 0.6 is 23.2 Å². The zero-order valence-electron chi connectivity index (χ0n) is 10.6. The lowest BCUT2D eigenvalue weighted by Gasteiger charge is -2.12. The molecule has 0 aliphatic heterocycles. The first-order valence-corrected chi connectivity index (χ1v) is 6.46.